The number of hydrogen-bond donors (Lipinski definition) is 1. The zero-order chi connectivity index (χ0) is 14.2. The van der Waals surface area contributed by atoms with Crippen molar-refractivity contribution in [3.63, 3.8) is 0 Å². The van der Waals surface area contributed by atoms with Gasteiger partial charge in [0.2, 0.25) is 0 Å². The molecule has 0 atom stereocenters. The van der Waals surface area contributed by atoms with Gasteiger partial charge in [-0.1, -0.05) is 23.7 Å². The summed E-state index contributed by atoms with van der Waals surface area (Å²) >= 11 is 5.97. The average molecular weight is 371 g/mol. The van der Waals surface area contributed by atoms with E-state index in [1.54, 1.807) is 0 Å². The van der Waals surface area contributed by atoms with Gasteiger partial charge in [0.15, 0.2) is 0 Å². The standard InChI is InChI=1S/C17H16ClN3.2ClH/c18-13-5-3-12(4-6-13)11-21-16-10-19-9-7-14(16)15-2-1-8-20-17(15)21;;/h1-6,8,19H,7,9-11H2;2*1H. The van der Waals surface area contributed by atoms with Crippen LogP contribution in [-0.2, 0) is 19.5 Å². The Morgan fingerprint density at radius 1 is 1.13 bits per heavy atom. The fourth-order valence-corrected chi connectivity index (χ4v) is 3.26. The van der Waals surface area contributed by atoms with Crippen LogP contribution in [0.1, 0.15) is 16.8 Å². The van der Waals surface area contributed by atoms with E-state index < -0.39 is 0 Å². The smallest absolute Gasteiger partial charge is 0.140 e. The summed E-state index contributed by atoms with van der Waals surface area (Å²) in [4.78, 5) is 4.61. The van der Waals surface area contributed by atoms with Crippen LogP contribution in [0.15, 0.2) is 42.6 Å². The van der Waals surface area contributed by atoms with Crippen LogP contribution in [0.2, 0.25) is 5.02 Å². The second kappa shape index (κ2) is 7.54. The van der Waals surface area contributed by atoms with Crippen molar-refractivity contribution in [2.24, 2.45) is 0 Å². The summed E-state index contributed by atoms with van der Waals surface area (Å²) in [6, 6.07) is 12.3. The molecule has 0 radical (unpaired) electrons. The van der Waals surface area contributed by atoms with E-state index in [2.05, 4.69) is 33.1 Å². The summed E-state index contributed by atoms with van der Waals surface area (Å²) in [6.07, 6.45) is 2.95. The van der Waals surface area contributed by atoms with Crippen LogP contribution < -0.4 is 5.32 Å². The van der Waals surface area contributed by atoms with E-state index in [1.165, 1.54) is 22.2 Å². The zero-order valence-electron chi connectivity index (χ0n) is 12.5. The van der Waals surface area contributed by atoms with E-state index in [1.807, 2.05) is 24.4 Å². The number of hydrogen-bond acceptors (Lipinski definition) is 2. The minimum absolute atomic E-state index is 0. The van der Waals surface area contributed by atoms with Gasteiger partial charge in [0, 0.05) is 35.4 Å². The number of nitrogens with zero attached hydrogens (tertiary/aromatic N) is 2. The Morgan fingerprint density at radius 2 is 1.91 bits per heavy atom. The van der Waals surface area contributed by atoms with Gasteiger partial charge in [0.05, 0.1) is 0 Å². The van der Waals surface area contributed by atoms with Gasteiger partial charge >= 0.3 is 0 Å². The van der Waals surface area contributed by atoms with Crippen molar-refractivity contribution in [3.8, 4) is 0 Å². The SMILES string of the molecule is Cl.Cl.Clc1ccc(Cn2c3c(c4cccnc42)CCNC3)cc1. The van der Waals surface area contributed by atoms with Gasteiger partial charge < -0.3 is 9.88 Å². The summed E-state index contributed by atoms with van der Waals surface area (Å²) in [5.41, 5.74) is 5.15. The molecule has 0 bridgehead atoms. The lowest BCUT2D eigenvalue weighted by atomic mass is 10.1. The molecule has 0 saturated heterocycles. The zero-order valence-corrected chi connectivity index (χ0v) is 14.8. The molecule has 0 unspecified atom stereocenters. The number of nitrogens with one attached hydrogen (secondary N) is 1. The Labute approximate surface area is 152 Å². The van der Waals surface area contributed by atoms with E-state index in [0.29, 0.717) is 0 Å². The summed E-state index contributed by atoms with van der Waals surface area (Å²) in [5, 5.41) is 5.54. The minimum Gasteiger partial charge on any atom is -0.324 e. The van der Waals surface area contributed by atoms with E-state index in [4.69, 9.17) is 11.6 Å². The molecule has 1 N–H and O–H groups in total. The molecule has 0 fully saturated rings. The van der Waals surface area contributed by atoms with Gasteiger partial charge in [0.25, 0.3) is 0 Å². The molecule has 3 nitrogen and oxygen atoms in total. The third-order valence-corrected chi connectivity index (χ3v) is 4.39. The first-order valence-electron chi connectivity index (χ1n) is 7.23. The third kappa shape index (κ3) is 3.33. The number of pyridine rings is 1. The maximum atomic E-state index is 5.97. The molecule has 23 heavy (non-hydrogen) atoms. The molecular formula is C17H18Cl3N3. The lowest BCUT2D eigenvalue weighted by Crippen LogP contribution is -2.25. The predicted octanol–water partition coefficient (Wildman–Crippen LogP) is 4.23. The van der Waals surface area contributed by atoms with Crippen molar-refractivity contribution < 1.29 is 0 Å². The molecule has 6 heteroatoms. The van der Waals surface area contributed by atoms with Gasteiger partial charge in [-0.2, -0.15) is 0 Å². The number of rotatable bonds is 2. The molecular weight excluding hydrogens is 353 g/mol. The summed E-state index contributed by atoms with van der Waals surface area (Å²) in [7, 11) is 0. The largest absolute Gasteiger partial charge is 0.324 e. The summed E-state index contributed by atoms with van der Waals surface area (Å²) in [6.45, 7) is 2.79. The third-order valence-electron chi connectivity index (χ3n) is 4.14. The number of fused-ring (bicyclic) bond motifs is 3. The first kappa shape index (κ1) is 18.1. The van der Waals surface area contributed by atoms with Crippen molar-refractivity contribution in [1.29, 1.82) is 0 Å². The lowest BCUT2D eigenvalue weighted by Gasteiger charge is -2.17. The van der Waals surface area contributed by atoms with E-state index >= 15 is 0 Å². The van der Waals surface area contributed by atoms with Crippen LogP contribution >= 0.6 is 36.4 Å². The highest BCUT2D eigenvalue weighted by Gasteiger charge is 2.20. The molecule has 1 aromatic carbocycles. The fourth-order valence-electron chi connectivity index (χ4n) is 3.14. The molecule has 2 aromatic heterocycles. The normalized spacial score (nSPS) is 13.1. The lowest BCUT2D eigenvalue weighted by molar-refractivity contribution is 0.601. The molecule has 1 aliphatic heterocycles. The van der Waals surface area contributed by atoms with Crippen LogP contribution in [0.25, 0.3) is 11.0 Å². The average Bonchev–Trinajstić information content (AvgIpc) is 2.85. The Hall–Kier alpha value is -1.26. The Morgan fingerprint density at radius 3 is 2.70 bits per heavy atom. The van der Waals surface area contributed by atoms with Crippen LogP contribution in [0.4, 0.5) is 0 Å². The van der Waals surface area contributed by atoms with E-state index in [-0.39, 0.29) is 24.8 Å². The number of aromatic nitrogens is 2. The van der Waals surface area contributed by atoms with Crippen LogP contribution in [0.5, 0.6) is 0 Å². The van der Waals surface area contributed by atoms with Crippen molar-refractivity contribution in [2.45, 2.75) is 19.5 Å². The maximum Gasteiger partial charge on any atom is 0.140 e. The molecule has 0 spiro atoms. The van der Waals surface area contributed by atoms with Crippen LogP contribution in [0, 0.1) is 0 Å². The van der Waals surface area contributed by atoms with Crippen LogP contribution in [-0.4, -0.2) is 16.1 Å². The van der Waals surface area contributed by atoms with Gasteiger partial charge in [-0.25, -0.2) is 4.98 Å². The van der Waals surface area contributed by atoms with Crippen molar-refractivity contribution in [3.05, 3.63) is 64.4 Å². The van der Waals surface area contributed by atoms with Crippen molar-refractivity contribution in [1.82, 2.24) is 14.9 Å². The van der Waals surface area contributed by atoms with Gasteiger partial charge in [-0.3, -0.25) is 0 Å². The van der Waals surface area contributed by atoms with E-state index in [0.717, 1.165) is 36.7 Å². The number of benzene rings is 1. The Balaban J connectivity index is 0.000000960. The molecule has 3 heterocycles. The van der Waals surface area contributed by atoms with Gasteiger partial charge in [-0.05, 0) is 48.4 Å². The molecule has 0 aliphatic carbocycles. The first-order valence-corrected chi connectivity index (χ1v) is 7.61. The minimum atomic E-state index is 0. The molecule has 3 aromatic rings. The monoisotopic (exact) mass is 369 g/mol. The molecule has 0 amide bonds. The Kier molecular flexibility index (Phi) is 5.93. The Bertz CT molecular complexity index is 797. The molecule has 4 rings (SSSR count). The number of halogens is 3. The molecule has 1 aliphatic rings. The highest BCUT2D eigenvalue weighted by molar-refractivity contribution is 6.30. The second-order valence-electron chi connectivity index (χ2n) is 5.44. The van der Waals surface area contributed by atoms with Crippen LogP contribution in [0.3, 0.4) is 0 Å². The topological polar surface area (TPSA) is 29.9 Å². The van der Waals surface area contributed by atoms with E-state index in [9.17, 15) is 0 Å². The summed E-state index contributed by atoms with van der Waals surface area (Å²) < 4.78 is 2.33. The first-order chi connectivity index (χ1) is 10.3. The predicted molar refractivity (Wildman–Crippen MR) is 100 cm³/mol. The maximum absolute atomic E-state index is 5.97. The fraction of sp³-hybridized carbons (Fsp3) is 0.235. The highest BCUT2D eigenvalue weighted by Crippen LogP contribution is 2.28. The van der Waals surface area contributed by atoms with Gasteiger partial charge in [-0.15, -0.1) is 24.8 Å². The van der Waals surface area contributed by atoms with Crippen molar-refractivity contribution in [2.75, 3.05) is 6.54 Å². The second-order valence-corrected chi connectivity index (χ2v) is 5.88. The van der Waals surface area contributed by atoms with Crippen molar-refractivity contribution >= 4 is 47.4 Å². The summed E-state index contributed by atoms with van der Waals surface area (Å²) in [5.74, 6) is 0. The quantitative estimate of drug-likeness (QED) is 0.731. The molecule has 122 valence electrons. The molecule has 0 saturated carbocycles. The highest BCUT2D eigenvalue weighted by atomic mass is 35.5. The van der Waals surface area contributed by atoms with Gasteiger partial charge in [0.1, 0.15) is 5.65 Å².